The van der Waals surface area contributed by atoms with Gasteiger partial charge in [-0.2, -0.15) is 0 Å². The van der Waals surface area contributed by atoms with Crippen LogP contribution in [0.15, 0.2) is 23.4 Å². The zero-order valence-electron chi connectivity index (χ0n) is 8.06. The SMILES string of the molecule is CC(=O)/C(=N/O)c1ccc2c(c1)OCO2. The summed E-state index contributed by atoms with van der Waals surface area (Å²) in [4.78, 5) is 11.1. The van der Waals surface area contributed by atoms with Crippen molar-refractivity contribution in [1.82, 2.24) is 0 Å². The number of rotatable bonds is 2. The number of hydrogen-bond donors (Lipinski definition) is 1. The monoisotopic (exact) mass is 207 g/mol. The lowest BCUT2D eigenvalue weighted by molar-refractivity contribution is -0.111. The van der Waals surface area contributed by atoms with Gasteiger partial charge in [-0.3, -0.25) is 4.79 Å². The molecule has 0 atom stereocenters. The molecule has 78 valence electrons. The summed E-state index contributed by atoms with van der Waals surface area (Å²) in [6.45, 7) is 1.50. The van der Waals surface area contributed by atoms with Gasteiger partial charge in [0.2, 0.25) is 6.79 Å². The highest BCUT2D eigenvalue weighted by atomic mass is 16.7. The van der Waals surface area contributed by atoms with Gasteiger partial charge in [0.25, 0.3) is 0 Å². The summed E-state index contributed by atoms with van der Waals surface area (Å²) in [5.74, 6) is 0.867. The Hall–Kier alpha value is -2.04. The van der Waals surface area contributed by atoms with Gasteiger partial charge in [0, 0.05) is 12.5 Å². The second-order valence-electron chi connectivity index (χ2n) is 3.07. The molecule has 5 nitrogen and oxygen atoms in total. The van der Waals surface area contributed by atoms with E-state index in [9.17, 15) is 4.79 Å². The maximum Gasteiger partial charge on any atom is 0.231 e. The third kappa shape index (κ3) is 1.63. The molecule has 0 aliphatic carbocycles. The van der Waals surface area contributed by atoms with Gasteiger partial charge < -0.3 is 14.7 Å². The van der Waals surface area contributed by atoms with Crippen molar-refractivity contribution < 1.29 is 19.5 Å². The van der Waals surface area contributed by atoms with Gasteiger partial charge >= 0.3 is 0 Å². The summed E-state index contributed by atoms with van der Waals surface area (Å²) in [6.07, 6.45) is 0. The van der Waals surface area contributed by atoms with Crippen molar-refractivity contribution in [2.75, 3.05) is 6.79 Å². The molecule has 2 rings (SSSR count). The van der Waals surface area contributed by atoms with E-state index >= 15 is 0 Å². The molecular weight excluding hydrogens is 198 g/mol. The van der Waals surface area contributed by atoms with Gasteiger partial charge in [-0.25, -0.2) is 0 Å². The molecular formula is C10H9NO4. The summed E-state index contributed by atoms with van der Waals surface area (Å²) in [7, 11) is 0. The van der Waals surface area contributed by atoms with Crippen molar-refractivity contribution in [2.45, 2.75) is 6.92 Å². The minimum Gasteiger partial charge on any atom is -0.454 e. The molecule has 1 aromatic rings. The number of oxime groups is 1. The summed E-state index contributed by atoms with van der Waals surface area (Å²) in [5.41, 5.74) is 0.516. The lowest BCUT2D eigenvalue weighted by Gasteiger charge is -2.01. The number of ketones is 1. The quantitative estimate of drug-likeness (QED) is 0.449. The van der Waals surface area contributed by atoms with E-state index in [2.05, 4.69) is 5.16 Å². The highest BCUT2D eigenvalue weighted by Gasteiger charge is 2.17. The van der Waals surface area contributed by atoms with E-state index in [1.54, 1.807) is 18.2 Å². The minimum atomic E-state index is -0.309. The van der Waals surface area contributed by atoms with Crippen LogP contribution in [0.3, 0.4) is 0 Å². The molecule has 1 N–H and O–H groups in total. The van der Waals surface area contributed by atoms with Gasteiger partial charge in [-0.05, 0) is 18.2 Å². The van der Waals surface area contributed by atoms with E-state index in [0.717, 1.165) is 0 Å². The Morgan fingerprint density at radius 2 is 2.13 bits per heavy atom. The molecule has 1 aliphatic heterocycles. The summed E-state index contributed by atoms with van der Waals surface area (Å²) in [5, 5.41) is 11.6. The second-order valence-corrected chi connectivity index (χ2v) is 3.07. The predicted molar refractivity (Wildman–Crippen MR) is 51.6 cm³/mol. The van der Waals surface area contributed by atoms with Gasteiger partial charge in [-0.1, -0.05) is 5.16 Å². The number of carbonyl (C=O) groups excluding carboxylic acids is 1. The standard InChI is InChI=1S/C10H9NO4/c1-6(12)10(11-13)7-2-3-8-9(4-7)15-5-14-8/h2-4,13H,5H2,1H3/b11-10-. The van der Waals surface area contributed by atoms with Gasteiger partial charge in [0.05, 0.1) is 0 Å². The molecule has 1 heterocycles. The molecule has 0 radical (unpaired) electrons. The maximum absolute atomic E-state index is 11.1. The van der Waals surface area contributed by atoms with Crippen molar-refractivity contribution in [2.24, 2.45) is 5.16 Å². The van der Waals surface area contributed by atoms with E-state index in [4.69, 9.17) is 14.7 Å². The zero-order valence-corrected chi connectivity index (χ0v) is 8.06. The fourth-order valence-electron chi connectivity index (χ4n) is 1.38. The Bertz CT molecular complexity index is 439. The molecule has 5 heteroatoms. The first-order valence-corrected chi connectivity index (χ1v) is 4.35. The summed E-state index contributed by atoms with van der Waals surface area (Å²) < 4.78 is 10.3. The highest BCUT2D eigenvalue weighted by Crippen LogP contribution is 2.32. The molecule has 0 saturated heterocycles. The number of Topliss-reactive ketones (excluding diaryl/α,β-unsaturated/α-hetero) is 1. The van der Waals surface area contributed by atoms with Crippen LogP contribution < -0.4 is 9.47 Å². The van der Waals surface area contributed by atoms with Crippen LogP contribution in [-0.2, 0) is 4.79 Å². The number of carbonyl (C=O) groups is 1. The molecule has 0 saturated carbocycles. The van der Waals surface area contributed by atoms with Crippen LogP contribution in [0.4, 0.5) is 0 Å². The highest BCUT2D eigenvalue weighted by molar-refractivity contribution is 6.45. The largest absolute Gasteiger partial charge is 0.454 e. The Kier molecular flexibility index (Phi) is 2.29. The third-order valence-electron chi connectivity index (χ3n) is 2.08. The average Bonchev–Trinajstić information content (AvgIpc) is 2.65. The number of fused-ring (bicyclic) bond motifs is 1. The van der Waals surface area contributed by atoms with Crippen LogP contribution in [0.25, 0.3) is 0 Å². The maximum atomic E-state index is 11.1. The molecule has 0 spiro atoms. The van der Waals surface area contributed by atoms with Crippen LogP contribution in [0.5, 0.6) is 11.5 Å². The molecule has 0 fully saturated rings. The number of benzene rings is 1. The van der Waals surface area contributed by atoms with Gasteiger partial charge in [-0.15, -0.1) is 0 Å². The van der Waals surface area contributed by atoms with Crippen LogP contribution in [0.1, 0.15) is 12.5 Å². The van der Waals surface area contributed by atoms with Crippen LogP contribution in [-0.4, -0.2) is 23.5 Å². The molecule has 0 aromatic heterocycles. The smallest absolute Gasteiger partial charge is 0.231 e. The fraction of sp³-hybridized carbons (Fsp3) is 0.200. The van der Waals surface area contributed by atoms with Crippen LogP contribution >= 0.6 is 0 Å². The first-order valence-electron chi connectivity index (χ1n) is 4.35. The van der Waals surface area contributed by atoms with Gasteiger partial charge in [0.15, 0.2) is 23.0 Å². The first-order chi connectivity index (χ1) is 7.22. The lowest BCUT2D eigenvalue weighted by atomic mass is 10.1. The van der Waals surface area contributed by atoms with Crippen molar-refractivity contribution in [3.8, 4) is 11.5 Å². The van der Waals surface area contributed by atoms with E-state index in [1.807, 2.05) is 0 Å². The predicted octanol–water partition coefficient (Wildman–Crippen LogP) is 1.18. The fourth-order valence-corrected chi connectivity index (χ4v) is 1.38. The normalized spacial score (nSPS) is 14.1. The van der Waals surface area contributed by atoms with Crippen molar-refractivity contribution in [3.63, 3.8) is 0 Å². The Balaban J connectivity index is 2.42. The Morgan fingerprint density at radius 1 is 1.40 bits per heavy atom. The van der Waals surface area contributed by atoms with Crippen LogP contribution in [0.2, 0.25) is 0 Å². The van der Waals surface area contributed by atoms with E-state index in [1.165, 1.54) is 6.92 Å². The Labute approximate surface area is 85.9 Å². The van der Waals surface area contributed by atoms with Crippen molar-refractivity contribution in [3.05, 3.63) is 23.8 Å². The third-order valence-corrected chi connectivity index (χ3v) is 2.08. The van der Waals surface area contributed by atoms with Crippen molar-refractivity contribution in [1.29, 1.82) is 0 Å². The average molecular weight is 207 g/mol. The summed E-state index contributed by atoms with van der Waals surface area (Å²) in [6, 6.07) is 4.93. The molecule has 0 unspecified atom stereocenters. The zero-order chi connectivity index (χ0) is 10.8. The molecule has 1 aromatic carbocycles. The van der Waals surface area contributed by atoms with Crippen LogP contribution in [0, 0.1) is 0 Å². The number of nitrogens with zero attached hydrogens (tertiary/aromatic N) is 1. The summed E-state index contributed by atoms with van der Waals surface area (Å²) >= 11 is 0. The van der Waals surface area contributed by atoms with E-state index in [-0.39, 0.29) is 18.3 Å². The van der Waals surface area contributed by atoms with Gasteiger partial charge in [0.1, 0.15) is 0 Å². The molecule has 0 amide bonds. The molecule has 15 heavy (non-hydrogen) atoms. The van der Waals surface area contributed by atoms with E-state index in [0.29, 0.717) is 17.1 Å². The van der Waals surface area contributed by atoms with E-state index < -0.39 is 0 Å². The molecule has 1 aliphatic rings. The molecule has 0 bridgehead atoms. The number of hydrogen-bond acceptors (Lipinski definition) is 5. The lowest BCUT2D eigenvalue weighted by Crippen LogP contribution is -2.11. The van der Waals surface area contributed by atoms with Crippen molar-refractivity contribution >= 4 is 11.5 Å². The topological polar surface area (TPSA) is 68.1 Å². The second kappa shape index (κ2) is 3.61. The Morgan fingerprint density at radius 3 is 2.80 bits per heavy atom. The minimum absolute atomic E-state index is 0.00769. The number of ether oxygens (including phenoxy) is 2. The first kappa shape index (κ1) is 9.51.